The Balaban J connectivity index is 1.63. The molecule has 0 saturated carbocycles. The number of nitrogens with one attached hydrogen (secondary N) is 1. The zero-order chi connectivity index (χ0) is 18.8. The van der Waals surface area contributed by atoms with E-state index in [0.717, 1.165) is 16.5 Å². The Bertz CT molecular complexity index is 1140. The number of carbonyl (C=O) groups excluding carboxylic acids is 1. The van der Waals surface area contributed by atoms with Crippen molar-refractivity contribution in [2.24, 2.45) is 0 Å². The molecule has 0 aliphatic rings. The second kappa shape index (κ2) is 7.21. The van der Waals surface area contributed by atoms with E-state index in [9.17, 15) is 9.18 Å². The number of hydrogen-bond donors (Lipinski definition) is 1. The molecule has 3 aromatic carbocycles. The summed E-state index contributed by atoms with van der Waals surface area (Å²) >= 11 is 6.10. The summed E-state index contributed by atoms with van der Waals surface area (Å²) in [6.07, 6.45) is 1.73. The molecule has 0 bridgehead atoms. The molecule has 0 atom stereocenters. The fourth-order valence-electron chi connectivity index (χ4n) is 2.90. The molecule has 1 heterocycles. The van der Waals surface area contributed by atoms with Gasteiger partial charge < -0.3 is 5.32 Å². The van der Waals surface area contributed by atoms with E-state index in [2.05, 4.69) is 10.4 Å². The zero-order valence-electron chi connectivity index (χ0n) is 14.2. The second-order valence-electron chi connectivity index (χ2n) is 6.14. The van der Waals surface area contributed by atoms with Crippen LogP contribution in [0.15, 0.2) is 72.9 Å². The third-order valence-corrected chi connectivity index (χ3v) is 4.58. The number of fused-ring (bicyclic) bond motifs is 1. The summed E-state index contributed by atoms with van der Waals surface area (Å²) in [4.78, 5) is 12.6. The molecule has 27 heavy (non-hydrogen) atoms. The first kappa shape index (κ1) is 17.2. The largest absolute Gasteiger partial charge is 0.321 e. The molecule has 6 heteroatoms. The number of rotatable bonds is 4. The molecule has 0 fully saturated rings. The van der Waals surface area contributed by atoms with Crippen molar-refractivity contribution in [3.05, 3.63) is 94.9 Å². The molecule has 1 N–H and O–H groups in total. The number of aromatic nitrogens is 2. The van der Waals surface area contributed by atoms with Crippen LogP contribution in [0.2, 0.25) is 5.02 Å². The SMILES string of the molecule is O=C(Nc1ccccc1Cl)c1ccc2cnn(Cc3cccc(F)c3)c2c1. The van der Waals surface area contributed by atoms with E-state index in [-0.39, 0.29) is 11.7 Å². The van der Waals surface area contributed by atoms with E-state index in [0.29, 0.717) is 22.8 Å². The number of carbonyl (C=O) groups is 1. The lowest BCUT2D eigenvalue weighted by Crippen LogP contribution is -2.12. The molecule has 0 spiro atoms. The number of halogens is 2. The van der Waals surface area contributed by atoms with Gasteiger partial charge in [0.2, 0.25) is 0 Å². The fourth-order valence-corrected chi connectivity index (χ4v) is 3.09. The van der Waals surface area contributed by atoms with Gasteiger partial charge >= 0.3 is 0 Å². The summed E-state index contributed by atoms with van der Waals surface area (Å²) in [5.74, 6) is -0.549. The van der Waals surface area contributed by atoms with E-state index >= 15 is 0 Å². The van der Waals surface area contributed by atoms with Crippen LogP contribution in [-0.4, -0.2) is 15.7 Å². The minimum Gasteiger partial charge on any atom is -0.321 e. The molecule has 0 aliphatic heterocycles. The molecule has 4 nitrogen and oxygen atoms in total. The van der Waals surface area contributed by atoms with Crippen molar-refractivity contribution in [1.29, 1.82) is 0 Å². The maximum atomic E-state index is 13.4. The van der Waals surface area contributed by atoms with Crippen LogP contribution >= 0.6 is 11.6 Å². The molecule has 1 aromatic heterocycles. The van der Waals surface area contributed by atoms with Gasteiger partial charge in [-0.05, 0) is 42.0 Å². The first-order valence-electron chi connectivity index (χ1n) is 8.36. The third-order valence-electron chi connectivity index (χ3n) is 4.25. The average Bonchev–Trinajstić information content (AvgIpc) is 3.06. The summed E-state index contributed by atoms with van der Waals surface area (Å²) in [6.45, 7) is 0.414. The highest BCUT2D eigenvalue weighted by atomic mass is 35.5. The lowest BCUT2D eigenvalue weighted by Gasteiger charge is -2.08. The Morgan fingerprint density at radius 1 is 1.07 bits per heavy atom. The van der Waals surface area contributed by atoms with E-state index in [1.807, 2.05) is 12.1 Å². The summed E-state index contributed by atoms with van der Waals surface area (Å²) in [6, 6.07) is 18.8. The molecule has 4 rings (SSSR count). The van der Waals surface area contributed by atoms with Crippen molar-refractivity contribution in [1.82, 2.24) is 9.78 Å². The van der Waals surface area contributed by atoms with Gasteiger partial charge in [-0.15, -0.1) is 0 Å². The summed E-state index contributed by atoms with van der Waals surface area (Å²) in [7, 11) is 0. The van der Waals surface area contributed by atoms with Crippen LogP contribution in [0.3, 0.4) is 0 Å². The van der Waals surface area contributed by atoms with Gasteiger partial charge in [0.1, 0.15) is 5.82 Å². The Morgan fingerprint density at radius 3 is 2.74 bits per heavy atom. The van der Waals surface area contributed by atoms with Crippen molar-refractivity contribution < 1.29 is 9.18 Å². The normalized spacial score (nSPS) is 10.9. The Labute approximate surface area is 160 Å². The summed E-state index contributed by atoms with van der Waals surface area (Å²) in [5, 5.41) is 8.55. The molecule has 134 valence electrons. The number of nitrogens with zero attached hydrogens (tertiary/aromatic N) is 2. The van der Waals surface area contributed by atoms with Gasteiger partial charge in [-0.2, -0.15) is 5.10 Å². The molecule has 0 unspecified atom stereocenters. The third kappa shape index (κ3) is 3.68. The van der Waals surface area contributed by atoms with Gasteiger partial charge in [-0.25, -0.2) is 4.39 Å². The quantitative estimate of drug-likeness (QED) is 0.534. The highest BCUT2D eigenvalue weighted by Gasteiger charge is 2.11. The highest BCUT2D eigenvalue weighted by Crippen LogP contribution is 2.22. The van der Waals surface area contributed by atoms with E-state index in [1.165, 1.54) is 12.1 Å². The topological polar surface area (TPSA) is 46.9 Å². The van der Waals surface area contributed by atoms with Crippen LogP contribution in [0.25, 0.3) is 10.9 Å². The molecular formula is C21H15ClFN3O. The van der Waals surface area contributed by atoms with E-state index in [1.54, 1.807) is 53.3 Å². The van der Waals surface area contributed by atoms with Gasteiger partial charge in [-0.3, -0.25) is 9.48 Å². The molecule has 0 saturated heterocycles. The van der Waals surface area contributed by atoms with Gasteiger partial charge in [0.05, 0.1) is 29.0 Å². The van der Waals surface area contributed by atoms with Crippen LogP contribution in [-0.2, 0) is 6.54 Å². The van der Waals surface area contributed by atoms with Crippen molar-refractivity contribution in [3.63, 3.8) is 0 Å². The van der Waals surface area contributed by atoms with Gasteiger partial charge in [0.15, 0.2) is 0 Å². The lowest BCUT2D eigenvalue weighted by molar-refractivity contribution is 0.102. The summed E-state index contributed by atoms with van der Waals surface area (Å²) in [5.41, 5.74) is 2.64. The van der Waals surface area contributed by atoms with Crippen molar-refractivity contribution in [2.75, 3.05) is 5.32 Å². The minimum absolute atomic E-state index is 0.261. The predicted molar refractivity (Wildman–Crippen MR) is 105 cm³/mol. The van der Waals surface area contributed by atoms with Gasteiger partial charge in [0.25, 0.3) is 5.91 Å². The monoisotopic (exact) mass is 379 g/mol. The predicted octanol–water partition coefficient (Wildman–Crippen LogP) is 5.13. The number of para-hydroxylation sites is 1. The highest BCUT2D eigenvalue weighted by molar-refractivity contribution is 6.33. The Morgan fingerprint density at radius 2 is 1.93 bits per heavy atom. The van der Waals surface area contributed by atoms with Crippen LogP contribution in [0.4, 0.5) is 10.1 Å². The number of hydrogen-bond acceptors (Lipinski definition) is 2. The van der Waals surface area contributed by atoms with Crippen molar-refractivity contribution in [3.8, 4) is 0 Å². The lowest BCUT2D eigenvalue weighted by atomic mass is 10.1. The maximum Gasteiger partial charge on any atom is 0.255 e. The zero-order valence-corrected chi connectivity index (χ0v) is 14.9. The number of amides is 1. The standard InChI is InChI=1S/C21H15ClFN3O/c22-18-6-1-2-7-19(18)25-21(27)15-8-9-16-12-24-26(20(16)11-15)13-14-4-3-5-17(23)10-14/h1-12H,13H2,(H,25,27). The molecule has 4 aromatic rings. The van der Waals surface area contributed by atoms with Crippen LogP contribution in [0, 0.1) is 5.82 Å². The number of anilines is 1. The average molecular weight is 380 g/mol. The first-order valence-corrected chi connectivity index (χ1v) is 8.74. The first-order chi connectivity index (χ1) is 13.1. The summed E-state index contributed by atoms with van der Waals surface area (Å²) < 4.78 is 15.2. The molecule has 0 aliphatic carbocycles. The maximum absolute atomic E-state index is 13.4. The molecular weight excluding hydrogens is 365 g/mol. The van der Waals surface area contributed by atoms with Crippen LogP contribution in [0.5, 0.6) is 0 Å². The molecule has 1 amide bonds. The van der Waals surface area contributed by atoms with E-state index in [4.69, 9.17) is 11.6 Å². The van der Waals surface area contributed by atoms with Gasteiger partial charge in [-0.1, -0.05) is 41.9 Å². The smallest absolute Gasteiger partial charge is 0.255 e. The van der Waals surface area contributed by atoms with Crippen LogP contribution in [0.1, 0.15) is 15.9 Å². The second-order valence-corrected chi connectivity index (χ2v) is 6.55. The van der Waals surface area contributed by atoms with Crippen molar-refractivity contribution in [2.45, 2.75) is 6.54 Å². The fraction of sp³-hybridized carbons (Fsp3) is 0.0476. The van der Waals surface area contributed by atoms with E-state index < -0.39 is 0 Å². The van der Waals surface area contributed by atoms with Crippen LogP contribution < -0.4 is 5.32 Å². The Hall–Kier alpha value is -3.18. The minimum atomic E-state index is -0.288. The Kier molecular flexibility index (Phi) is 4.60. The van der Waals surface area contributed by atoms with Gasteiger partial charge in [0, 0.05) is 10.9 Å². The number of benzene rings is 3. The van der Waals surface area contributed by atoms with Crippen molar-refractivity contribution >= 4 is 34.1 Å². The molecule has 0 radical (unpaired) electrons.